The molecule has 0 bridgehead atoms. The number of hydroxylamine groups is 2. The lowest BCUT2D eigenvalue weighted by Crippen LogP contribution is -2.23. The van der Waals surface area contributed by atoms with E-state index in [1.165, 1.54) is 5.06 Å². The standard InChI is InChI=1S/C6H11ClN2O3/c7-3-9-4-8-5(12-9)1-2-6(10)11/h5,8H,1-4H2,(H,10,11). The Morgan fingerprint density at radius 3 is 3.08 bits per heavy atom. The van der Waals surface area contributed by atoms with Gasteiger partial charge in [0.1, 0.15) is 6.23 Å². The summed E-state index contributed by atoms with van der Waals surface area (Å²) in [6, 6.07) is 0.288. The Morgan fingerprint density at radius 2 is 2.58 bits per heavy atom. The molecule has 1 rings (SSSR count). The fraction of sp³-hybridized carbons (Fsp3) is 0.833. The maximum Gasteiger partial charge on any atom is 0.303 e. The summed E-state index contributed by atoms with van der Waals surface area (Å²) < 4.78 is 0. The fourth-order valence-electron chi connectivity index (χ4n) is 0.938. The number of carboxylic acids is 1. The molecule has 12 heavy (non-hydrogen) atoms. The number of nitrogens with zero attached hydrogens (tertiary/aromatic N) is 1. The van der Waals surface area contributed by atoms with E-state index in [-0.39, 0.29) is 18.7 Å². The zero-order chi connectivity index (χ0) is 8.97. The molecule has 2 N–H and O–H groups in total. The third kappa shape index (κ3) is 2.94. The first-order valence-electron chi connectivity index (χ1n) is 3.65. The SMILES string of the molecule is O=C(O)CCC1NCN(CCl)O1. The summed E-state index contributed by atoms with van der Waals surface area (Å²) in [5, 5.41) is 12.9. The van der Waals surface area contributed by atoms with E-state index in [9.17, 15) is 4.79 Å². The smallest absolute Gasteiger partial charge is 0.303 e. The summed E-state index contributed by atoms with van der Waals surface area (Å²) in [4.78, 5) is 15.4. The molecule has 5 nitrogen and oxygen atoms in total. The summed E-state index contributed by atoms with van der Waals surface area (Å²) in [5.41, 5.74) is 0. The molecule has 6 heteroatoms. The Balaban J connectivity index is 2.15. The van der Waals surface area contributed by atoms with Crippen LogP contribution < -0.4 is 5.32 Å². The molecule has 0 aromatic rings. The van der Waals surface area contributed by atoms with Crippen LogP contribution in [0.15, 0.2) is 0 Å². The van der Waals surface area contributed by atoms with E-state index in [0.717, 1.165) is 0 Å². The van der Waals surface area contributed by atoms with E-state index >= 15 is 0 Å². The van der Waals surface area contributed by atoms with Gasteiger partial charge < -0.3 is 5.11 Å². The molecule has 0 amide bonds. The van der Waals surface area contributed by atoms with Crippen LogP contribution >= 0.6 is 11.6 Å². The first-order chi connectivity index (χ1) is 5.72. The highest BCUT2D eigenvalue weighted by Crippen LogP contribution is 2.08. The molecule has 0 aliphatic carbocycles. The van der Waals surface area contributed by atoms with Gasteiger partial charge in [-0.3, -0.25) is 14.9 Å². The summed E-state index contributed by atoms with van der Waals surface area (Å²) in [6.45, 7) is 0.549. The van der Waals surface area contributed by atoms with E-state index in [1.54, 1.807) is 0 Å². The van der Waals surface area contributed by atoms with Gasteiger partial charge in [-0.25, -0.2) is 0 Å². The molecule has 0 spiro atoms. The molecular formula is C6H11ClN2O3. The molecule has 0 aromatic heterocycles. The van der Waals surface area contributed by atoms with Gasteiger partial charge in [0.15, 0.2) is 0 Å². The molecule has 1 unspecified atom stereocenters. The molecular weight excluding hydrogens is 184 g/mol. The Morgan fingerprint density at radius 1 is 1.83 bits per heavy atom. The number of alkyl halides is 1. The minimum Gasteiger partial charge on any atom is -0.481 e. The van der Waals surface area contributed by atoms with Crippen LogP contribution in [-0.4, -0.2) is 35.0 Å². The van der Waals surface area contributed by atoms with Crippen molar-refractivity contribution in [1.29, 1.82) is 0 Å². The summed E-state index contributed by atoms with van der Waals surface area (Å²) >= 11 is 5.48. The quantitative estimate of drug-likeness (QED) is 0.494. The van der Waals surface area contributed by atoms with Crippen molar-refractivity contribution < 1.29 is 14.7 Å². The van der Waals surface area contributed by atoms with Crippen molar-refractivity contribution in [1.82, 2.24) is 10.4 Å². The van der Waals surface area contributed by atoms with Crippen LogP contribution in [-0.2, 0) is 9.63 Å². The average Bonchev–Trinajstić information content (AvgIpc) is 2.48. The highest BCUT2D eigenvalue weighted by Gasteiger charge is 2.21. The summed E-state index contributed by atoms with van der Waals surface area (Å²) in [5.74, 6) is -0.815. The van der Waals surface area contributed by atoms with Crippen LogP contribution in [0.1, 0.15) is 12.8 Å². The van der Waals surface area contributed by atoms with Gasteiger partial charge in [-0.15, -0.1) is 11.6 Å². The number of rotatable bonds is 4. The topological polar surface area (TPSA) is 61.8 Å². The van der Waals surface area contributed by atoms with Crippen molar-refractivity contribution in [3.8, 4) is 0 Å². The van der Waals surface area contributed by atoms with Crippen molar-refractivity contribution in [2.45, 2.75) is 19.1 Å². The van der Waals surface area contributed by atoms with E-state index in [0.29, 0.717) is 13.1 Å². The van der Waals surface area contributed by atoms with Gasteiger partial charge in [0, 0.05) is 6.42 Å². The molecule has 0 saturated carbocycles. The second-order valence-electron chi connectivity index (χ2n) is 2.49. The van der Waals surface area contributed by atoms with E-state index in [4.69, 9.17) is 21.5 Å². The van der Waals surface area contributed by atoms with Gasteiger partial charge in [0.2, 0.25) is 0 Å². The Bertz CT molecular complexity index is 167. The van der Waals surface area contributed by atoms with Crippen LogP contribution in [0.3, 0.4) is 0 Å². The lowest BCUT2D eigenvalue weighted by atomic mass is 10.3. The van der Waals surface area contributed by atoms with Crippen molar-refractivity contribution >= 4 is 17.6 Å². The largest absolute Gasteiger partial charge is 0.481 e. The first kappa shape index (κ1) is 9.73. The molecule has 0 aromatic carbocycles. The summed E-state index contributed by atoms with van der Waals surface area (Å²) in [6.07, 6.45) is 0.358. The normalized spacial score (nSPS) is 24.6. The van der Waals surface area contributed by atoms with Crippen LogP contribution in [0.5, 0.6) is 0 Å². The number of halogens is 1. The fourth-order valence-corrected chi connectivity index (χ4v) is 1.08. The Kier molecular flexibility index (Phi) is 3.74. The molecule has 1 heterocycles. The van der Waals surface area contributed by atoms with Crippen LogP contribution in [0, 0.1) is 0 Å². The van der Waals surface area contributed by atoms with Crippen molar-refractivity contribution in [3.05, 3.63) is 0 Å². The molecule has 70 valence electrons. The zero-order valence-electron chi connectivity index (χ0n) is 6.49. The third-order valence-corrected chi connectivity index (χ3v) is 1.79. The van der Waals surface area contributed by atoms with Crippen molar-refractivity contribution in [3.63, 3.8) is 0 Å². The Hall–Kier alpha value is -0.360. The van der Waals surface area contributed by atoms with Gasteiger partial charge >= 0.3 is 5.97 Å². The van der Waals surface area contributed by atoms with Gasteiger partial charge in [-0.1, -0.05) is 0 Å². The highest BCUT2D eigenvalue weighted by molar-refractivity contribution is 6.17. The number of carboxylic acid groups (broad SMARTS) is 1. The van der Waals surface area contributed by atoms with Crippen LogP contribution in [0.4, 0.5) is 0 Å². The molecule has 0 radical (unpaired) electrons. The van der Waals surface area contributed by atoms with Crippen LogP contribution in [0.25, 0.3) is 0 Å². The number of carbonyl (C=O) groups is 1. The number of aliphatic carboxylic acids is 1. The number of nitrogens with one attached hydrogen (secondary N) is 1. The van der Waals surface area contributed by atoms with Gasteiger partial charge in [-0.2, -0.15) is 5.06 Å². The number of hydrogen-bond acceptors (Lipinski definition) is 4. The summed E-state index contributed by atoms with van der Waals surface area (Å²) in [7, 11) is 0. The molecule has 1 saturated heterocycles. The lowest BCUT2D eigenvalue weighted by molar-refractivity contribution is -0.146. The minimum atomic E-state index is -0.815. The zero-order valence-corrected chi connectivity index (χ0v) is 7.25. The second kappa shape index (κ2) is 4.61. The average molecular weight is 195 g/mol. The van der Waals surface area contributed by atoms with Gasteiger partial charge in [-0.05, 0) is 6.42 Å². The van der Waals surface area contributed by atoms with Gasteiger partial charge in [0.05, 0.1) is 12.7 Å². The lowest BCUT2D eigenvalue weighted by Gasteiger charge is -2.10. The van der Waals surface area contributed by atoms with Crippen molar-refractivity contribution in [2.75, 3.05) is 12.7 Å². The maximum absolute atomic E-state index is 10.2. The minimum absolute atomic E-state index is 0.105. The molecule has 1 aliphatic heterocycles. The van der Waals surface area contributed by atoms with Crippen LogP contribution in [0.2, 0.25) is 0 Å². The maximum atomic E-state index is 10.2. The molecule has 1 aliphatic rings. The first-order valence-corrected chi connectivity index (χ1v) is 4.18. The van der Waals surface area contributed by atoms with Crippen molar-refractivity contribution in [2.24, 2.45) is 0 Å². The predicted octanol–water partition coefficient (Wildman–Crippen LogP) is 0.168. The van der Waals surface area contributed by atoms with E-state index in [2.05, 4.69) is 5.32 Å². The molecule has 1 fully saturated rings. The highest BCUT2D eigenvalue weighted by atomic mass is 35.5. The second-order valence-corrected chi connectivity index (χ2v) is 2.73. The third-order valence-electron chi connectivity index (χ3n) is 1.53. The monoisotopic (exact) mass is 194 g/mol. The predicted molar refractivity (Wildman–Crippen MR) is 42.3 cm³/mol. The Labute approximate surface area is 75.2 Å². The van der Waals surface area contributed by atoms with Gasteiger partial charge in [0.25, 0.3) is 0 Å². The van der Waals surface area contributed by atoms with E-state index in [1.807, 2.05) is 0 Å². The molecule has 1 atom stereocenters. The number of hydrogen-bond donors (Lipinski definition) is 2. The van der Waals surface area contributed by atoms with E-state index < -0.39 is 5.97 Å².